The maximum atomic E-state index is 14.5. The van der Waals surface area contributed by atoms with E-state index in [9.17, 15) is 18.4 Å². The number of carbonyl (C=O) groups is 2. The van der Waals surface area contributed by atoms with E-state index in [1.807, 2.05) is 17.0 Å². The zero-order valence-corrected chi connectivity index (χ0v) is 27.4. The van der Waals surface area contributed by atoms with Gasteiger partial charge in [-0.15, -0.1) is 0 Å². The van der Waals surface area contributed by atoms with Gasteiger partial charge in [-0.2, -0.15) is 5.10 Å². The van der Waals surface area contributed by atoms with Crippen LogP contribution in [0.3, 0.4) is 0 Å². The lowest BCUT2D eigenvalue weighted by Crippen LogP contribution is -2.51. The lowest BCUT2D eigenvalue weighted by Gasteiger charge is -2.48. The Morgan fingerprint density at radius 1 is 1.09 bits per heavy atom. The number of amidine groups is 1. The molecular weight excluding hydrogens is 574 g/mol. The largest absolute Gasteiger partial charge is 0.384 e. The van der Waals surface area contributed by atoms with Crippen LogP contribution in [0.5, 0.6) is 0 Å². The van der Waals surface area contributed by atoms with Gasteiger partial charge in [-0.25, -0.2) is 8.78 Å². The van der Waals surface area contributed by atoms with Crippen LogP contribution < -0.4 is 16.9 Å². The molecule has 0 bridgehead atoms. The third-order valence-electron chi connectivity index (χ3n) is 9.76. The number of benzene rings is 2. The normalized spacial score (nSPS) is 21.6. The molecule has 244 valence electrons. The van der Waals surface area contributed by atoms with E-state index in [0.717, 1.165) is 37.3 Å². The van der Waals surface area contributed by atoms with Crippen molar-refractivity contribution in [3.05, 3.63) is 70.8 Å². The Labute approximate surface area is 265 Å². The van der Waals surface area contributed by atoms with Crippen LogP contribution in [0.25, 0.3) is 0 Å². The van der Waals surface area contributed by atoms with Crippen molar-refractivity contribution in [3.8, 4) is 0 Å². The SMILES string of the molecule is CCC(C)(C)C1CCC2(CC1)N=C(c1cc(F)cc(F)c1)C(=O)N2C(CCC(C)(C)C)c1ccc(C(=O)NC/C(N)=N/N)cc1. The minimum absolute atomic E-state index is 0.0172. The Hall–Kier alpha value is -3.82. The molecule has 0 saturated heterocycles. The van der Waals surface area contributed by atoms with Gasteiger partial charge in [-0.3, -0.25) is 14.6 Å². The van der Waals surface area contributed by atoms with Gasteiger partial charge in [0.1, 0.15) is 28.8 Å². The highest BCUT2D eigenvalue weighted by Gasteiger charge is 2.53. The molecule has 1 aliphatic carbocycles. The van der Waals surface area contributed by atoms with Gasteiger partial charge in [0.25, 0.3) is 11.8 Å². The van der Waals surface area contributed by atoms with Crippen LogP contribution in [0, 0.1) is 28.4 Å². The molecule has 0 radical (unpaired) electrons. The van der Waals surface area contributed by atoms with Gasteiger partial charge in [-0.05, 0) is 85.1 Å². The molecule has 10 heteroatoms. The average molecular weight is 623 g/mol. The van der Waals surface area contributed by atoms with E-state index < -0.39 is 17.3 Å². The Morgan fingerprint density at radius 3 is 2.22 bits per heavy atom. The standard InChI is InChI=1S/C35H48F2N6O2/c1-7-34(5,6)25-12-16-35(17-13-25)41-30(24-18-26(36)20-27(37)19-24)32(45)43(35)28(14-15-33(2,3)4)22-8-10-23(11-9-22)31(44)40-21-29(38)42-39/h8-11,18-20,25,28H,7,12-17,21,39H2,1-6H3,(H2,38,42)(H,40,44). The molecule has 2 amide bonds. The molecule has 4 rings (SSSR count). The Morgan fingerprint density at radius 2 is 1.69 bits per heavy atom. The van der Waals surface area contributed by atoms with Gasteiger partial charge < -0.3 is 21.8 Å². The number of hydrogen-bond acceptors (Lipinski definition) is 5. The first kappa shape index (κ1) is 34.1. The summed E-state index contributed by atoms with van der Waals surface area (Å²) in [5.74, 6) is 3.58. The van der Waals surface area contributed by atoms with Crippen LogP contribution in [0.2, 0.25) is 0 Å². The molecule has 8 nitrogen and oxygen atoms in total. The van der Waals surface area contributed by atoms with Crippen molar-refractivity contribution in [1.82, 2.24) is 10.2 Å². The van der Waals surface area contributed by atoms with Gasteiger partial charge in [0, 0.05) is 17.2 Å². The minimum atomic E-state index is -0.840. The summed E-state index contributed by atoms with van der Waals surface area (Å²) >= 11 is 0. The van der Waals surface area contributed by atoms with Crippen molar-refractivity contribution >= 4 is 23.4 Å². The maximum absolute atomic E-state index is 14.5. The van der Waals surface area contributed by atoms with Gasteiger partial charge in [0.05, 0.1) is 12.6 Å². The number of halogens is 2. The third kappa shape index (κ3) is 7.71. The summed E-state index contributed by atoms with van der Waals surface area (Å²) in [6.45, 7) is 13.3. The van der Waals surface area contributed by atoms with E-state index in [2.05, 4.69) is 52.0 Å². The molecule has 1 aliphatic heterocycles. The molecule has 1 saturated carbocycles. The molecule has 1 unspecified atom stereocenters. The van der Waals surface area contributed by atoms with Gasteiger partial charge in [0.15, 0.2) is 0 Å². The first-order valence-corrected chi connectivity index (χ1v) is 15.9. The Balaban J connectivity index is 1.76. The highest BCUT2D eigenvalue weighted by Crippen LogP contribution is 2.51. The van der Waals surface area contributed by atoms with Gasteiger partial charge in [-0.1, -0.05) is 60.1 Å². The number of nitrogens with one attached hydrogen (secondary N) is 1. The third-order valence-corrected chi connectivity index (χ3v) is 9.76. The van der Waals surface area contributed by atoms with E-state index >= 15 is 0 Å². The fourth-order valence-corrected chi connectivity index (χ4v) is 6.62. The smallest absolute Gasteiger partial charge is 0.275 e. The molecule has 1 fully saturated rings. The molecule has 5 N–H and O–H groups in total. The van der Waals surface area contributed by atoms with Crippen LogP contribution in [-0.2, 0) is 4.79 Å². The van der Waals surface area contributed by atoms with Crippen molar-refractivity contribution in [2.75, 3.05) is 6.54 Å². The van der Waals surface area contributed by atoms with Crippen LogP contribution in [0.1, 0.15) is 114 Å². The molecule has 2 aromatic rings. The van der Waals surface area contributed by atoms with Crippen LogP contribution in [0.15, 0.2) is 52.6 Å². The lowest BCUT2D eigenvalue weighted by molar-refractivity contribution is -0.134. The number of amides is 2. The topological polar surface area (TPSA) is 126 Å². The molecule has 45 heavy (non-hydrogen) atoms. The summed E-state index contributed by atoms with van der Waals surface area (Å²) in [5.41, 5.74) is 6.44. The Bertz CT molecular complexity index is 1430. The predicted octanol–water partition coefficient (Wildman–Crippen LogP) is 6.45. The molecule has 2 aliphatic rings. The van der Waals surface area contributed by atoms with Gasteiger partial charge >= 0.3 is 0 Å². The van der Waals surface area contributed by atoms with E-state index in [-0.39, 0.29) is 52.3 Å². The van der Waals surface area contributed by atoms with Crippen molar-refractivity contribution in [3.63, 3.8) is 0 Å². The van der Waals surface area contributed by atoms with Crippen LogP contribution in [-0.4, -0.2) is 40.5 Å². The number of hydrogen-bond donors (Lipinski definition) is 3. The number of aliphatic imine (C=N–C) groups is 1. The fraction of sp³-hybridized carbons (Fsp3) is 0.543. The fourth-order valence-electron chi connectivity index (χ4n) is 6.62. The predicted molar refractivity (Wildman–Crippen MR) is 175 cm³/mol. The summed E-state index contributed by atoms with van der Waals surface area (Å²) in [6.07, 6.45) is 5.60. The average Bonchev–Trinajstić information content (AvgIpc) is 3.26. The van der Waals surface area contributed by atoms with Crippen molar-refractivity contribution in [2.45, 2.75) is 98.2 Å². The molecule has 0 aromatic heterocycles. The lowest BCUT2D eigenvalue weighted by atomic mass is 9.67. The summed E-state index contributed by atoms with van der Waals surface area (Å²) in [7, 11) is 0. The molecule has 1 atom stereocenters. The molecule has 1 heterocycles. The zero-order chi connectivity index (χ0) is 33.2. The van der Waals surface area contributed by atoms with E-state index in [1.165, 1.54) is 12.1 Å². The van der Waals surface area contributed by atoms with Crippen LogP contribution >= 0.6 is 0 Å². The maximum Gasteiger partial charge on any atom is 0.275 e. The number of rotatable bonds is 10. The molecule has 2 aromatic carbocycles. The van der Waals surface area contributed by atoms with E-state index in [1.54, 1.807) is 12.1 Å². The molecular formula is C35H48F2N6O2. The summed E-state index contributed by atoms with van der Waals surface area (Å²) < 4.78 is 28.8. The summed E-state index contributed by atoms with van der Waals surface area (Å²) in [5, 5.41) is 6.06. The monoisotopic (exact) mass is 622 g/mol. The highest BCUT2D eigenvalue weighted by molar-refractivity contribution is 6.46. The first-order valence-electron chi connectivity index (χ1n) is 15.9. The van der Waals surface area contributed by atoms with Crippen molar-refractivity contribution in [1.29, 1.82) is 0 Å². The quantitative estimate of drug-likeness (QED) is 0.122. The van der Waals surface area contributed by atoms with Crippen molar-refractivity contribution in [2.24, 2.45) is 38.4 Å². The second kappa shape index (κ2) is 13.3. The second-order valence-electron chi connectivity index (χ2n) is 14.4. The second-order valence-corrected chi connectivity index (χ2v) is 14.4. The zero-order valence-electron chi connectivity index (χ0n) is 27.4. The summed E-state index contributed by atoms with van der Waals surface area (Å²) in [6, 6.07) is 9.99. The Kier molecular flexibility index (Phi) is 10.0. The van der Waals surface area contributed by atoms with E-state index in [0.29, 0.717) is 30.7 Å². The summed E-state index contributed by atoms with van der Waals surface area (Å²) in [4.78, 5) is 34.2. The first-order chi connectivity index (χ1) is 21.1. The number of nitrogens with two attached hydrogens (primary N) is 2. The van der Waals surface area contributed by atoms with Crippen molar-refractivity contribution < 1.29 is 18.4 Å². The minimum Gasteiger partial charge on any atom is -0.384 e. The van der Waals surface area contributed by atoms with Crippen LogP contribution in [0.4, 0.5) is 8.78 Å². The highest BCUT2D eigenvalue weighted by atomic mass is 19.1. The number of nitrogens with zero attached hydrogens (tertiary/aromatic N) is 3. The van der Waals surface area contributed by atoms with Gasteiger partial charge in [0.2, 0.25) is 0 Å². The number of carbonyl (C=O) groups excluding carboxylic acids is 2. The number of hydrazone groups is 1. The van der Waals surface area contributed by atoms with E-state index in [4.69, 9.17) is 16.6 Å². The molecule has 1 spiro atoms.